The highest BCUT2D eigenvalue weighted by atomic mass is 16.7. The van der Waals surface area contributed by atoms with Crippen LogP contribution in [0.1, 0.15) is 23.5 Å². The summed E-state index contributed by atoms with van der Waals surface area (Å²) in [4.78, 5) is 11.3. The zero-order valence-electron chi connectivity index (χ0n) is 12.2. The summed E-state index contributed by atoms with van der Waals surface area (Å²) in [6.07, 6.45) is -0.0285. The van der Waals surface area contributed by atoms with Crippen molar-refractivity contribution in [1.82, 2.24) is 0 Å². The molecule has 0 amide bonds. The van der Waals surface area contributed by atoms with E-state index in [1.165, 1.54) is 0 Å². The average molecular weight is 314 g/mol. The highest BCUT2D eigenvalue weighted by molar-refractivity contribution is 5.69. The summed E-state index contributed by atoms with van der Waals surface area (Å²) in [7, 11) is 0. The molecule has 0 spiro atoms. The van der Waals surface area contributed by atoms with Gasteiger partial charge in [-0.25, -0.2) is 0 Å². The molecule has 0 saturated carbocycles. The van der Waals surface area contributed by atoms with Crippen LogP contribution in [0.4, 0.5) is 0 Å². The molecule has 0 fully saturated rings. The predicted molar refractivity (Wildman–Crippen MR) is 79.2 cm³/mol. The van der Waals surface area contributed by atoms with E-state index >= 15 is 0 Å². The fourth-order valence-electron chi connectivity index (χ4n) is 2.86. The summed E-state index contributed by atoms with van der Waals surface area (Å²) >= 11 is 0. The van der Waals surface area contributed by atoms with E-state index in [0.29, 0.717) is 23.0 Å². The van der Waals surface area contributed by atoms with Crippen LogP contribution in [0.25, 0.3) is 0 Å². The molecule has 4 rings (SSSR count). The number of carboxylic acids is 1. The molecule has 0 saturated heterocycles. The Kier molecular flexibility index (Phi) is 3.22. The lowest BCUT2D eigenvalue weighted by atomic mass is 9.88. The molecule has 2 heterocycles. The minimum Gasteiger partial charge on any atom is -0.481 e. The molecule has 1 N–H and O–H groups in total. The van der Waals surface area contributed by atoms with Gasteiger partial charge in [0.25, 0.3) is 0 Å². The molecule has 118 valence electrons. The van der Waals surface area contributed by atoms with Gasteiger partial charge < -0.3 is 24.1 Å². The number of hydrogen-bond donors (Lipinski definition) is 1. The van der Waals surface area contributed by atoms with E-state index in [2.05, 4.69) is 0 Å². The Morgan fingerprint density at radius 2 is 1.35 bits per heavy atom. The second-order valence-corrected chi connectivity index (χ2v) is 5.38. The Hall–Kier alpha value is -2.89. The van der Waals surface area contributed by atoms with Gasteiger partial charge in [-0.05, 0) is 35.4 Å². The molecule has 6 nitrogen and oxygen atoms in total. The molecule has 2 aliphatic rings. The minimum atomic E-state index is -0.870. The van der Waals surface area contributed by atoms with Crippen molar-refractivity contribution in [3.05, 3.63) is 47.5 Å². The maximum absolute atomic E-state index is 11.3. The van der Waals surface area contributed by atoms with E-state index in [9.17, 15) is 9.90 Å². The number of hydrogen-bond acceptors (Lipinski definition) is 5. The van der Waals surface area contributed by atoms with Crippen molar-refractivity contribution in [3.8, 4) is 23.0 Å². The van der Waals surface area contributed by atoms with Gasteiger partial charge >= 0.3 is 5.97 Å². The summed E-state index contributed by atoms with van der Waals surface area (Å²) in [5.41, 5.74) is 1.71. The second-order valence-electron chi connectivity index (χ2n) is 5.38. The van der Waals surface area contributed by atoms with E-state index in [1.807, 2.05) is 24.3 Å². The van der Waals surface area contributed by atoms with Gasteiger partial charge in [0.1, 0.15) is 0 Å². The third kappa shape index (κ3) is 2.52. The fourth-order valence-corrected chi connectivity index (χ4v) is 2.86. The summed E-state index contributed by atoms with van der Waals surface area (Å²) < 4.78 is 21.4. The number of ether oxygens (including phenoxy) is 4. The lowest BCUT2D eigenvalue weighted by Gasteiger charge is -2.17. The molecular weight excluding hydrogens is 300 g/mol. The summed E-state index contributed by atoms with van der Waals surface area (Å²) in [6.45, 7) is 0.374. The second kappa shape index (κ2) is 5.39. The van der Waals surface area contributed by atoms with Crippen LogP contribution < -0.4 is 18.9 Å². The first-order chi connectivity index (χ1) is 11.2. The van der Waals surface area contributed by atoms with Crippen LogP contribution >= 0.6 is 0 Å². The standard InChI is InChI=1S/C17H14O6/c18-17(19)7-12(10-1-3-13-15(5-10)22-8-20-13)11-2-4-14-16(6-11)23-9-21-14/h1-6,12H,7-9H2,(H,18,19). The Morgan fingerprint density at radius 3 is 1.83 bits per heavy atom. The molecule has 0 aromatic heterocycles. The molecule has 0 atom stereocenters. The van der Waals surface area contributed by atoms with E-state index in [4.69, 9.17) is 18.9 Å². The van der Waals surface area contributed by atoms with Crippen LogP contribution in [-0.2, 0) is 4.79 Å². The minimum absolute atomic E-state index is 0.0285. The third-order valence-electron chi connectivity index (χ3n) is 3.98. The summed E-state index contributed by atoms with van der Waals surface area (Å²) in [5, 5.41) is 9.28. The van der Waals surface area contributed by atoms with E-state index in [-0.39, 0.29) is 25.9 Å². The fraction of sp³-hybridized carbons (Fsp3) is 0.235. The Balaban J connectivity index is 1.74. The number of carboxylic acid groups (broad SMARTS) is 1. The van der Waals surface area contributed by atoms with Gasteiger partial charge in [0.05, 0.1) is 6.42 Å². The van der Waals surface area contributed by atoms with Crippen molar-refractivity contribution in [1.29, 1.82) is 0 Å². The quantitative estimate of drug-likeness (QED) is 0.935. The van der Waals surface area contributed by atoms with Gasteiger partial charge in [-0.1, -0.05) is 12.1 Å². The van der Waals surface area contributed by atoms with E-state index < -0.39 is 5.97 Å². The zero-order chi connectivity index (χ0) is 15.8. The SMILES string of the molecule is O=C(O)CC(c1ccc2c(c1)OCO2)c1ccc2c(c1)OCO2. The van der Waals surface area contributed by atoms with Gasteiger partial charge in [-0.2, -0.15) is 0 Å². The van der Waals surface area contributed by atoms with Crippen LogP contribution in [0.15, 0.2) is 36.4 Å². The first-order valence-electron chi connectivity index (χ1n) is 7.21. The lowest BCUT2D eigenvalue weighted by molar-refractivity contribution is -0.137. The number of carbonyl (C=O) groups is 1. The highest BCUT2D eigenvalue weighted by Crippen LogP contribution is 2.40. The Bertz CT molecular complexity index is 712. The first kappa shape index (κ1) is 13.8. The molecule has 6 heteroatoms. The molecule has 23 heavy (non-hydrogen) atoms. The van der Waals surface area contributed by atoms with Crippen molar-refractivity contribution >= 4 is 5.97 Å². The van der Waals surface area contributed by atoms with Crippen molar-refractivity contribution in [2.45, 2.75) is 12.3 Å². The molecular formula is C17H14O6. The van der Waals surface area contributed by atoms with Gasteiger partial charge in [0.15, 0.2) is 23.0 Å². The van der Waals surface area contributed by atoms with Crippen molar-refractivity contribution < 1.29 is 28.8 Å². The average Bonchev–Trinajstić information content (AvgIpc) is 3.19. The van der Waals surface area contributed by atoms with Crippen LogP contribution in [0.2, 0.25) is 0 Å². The monoisotopic (exact) mass is 314 g/mol. The van der Waals surface area contributed by atoms with Gasteiger partial charge in [-0.15, -0.1) is 0 Å². The predicted octanol–water partition coefficient (Wildman–Crippen LogP) is 2.75. The first-order valence-corrected chi connectivity index (χ1v) is 7.21. The van der Waals surface area contributed by atoms with Crippen LogP contribution in [-0.4, -0.2) is 24.7 Å². The van der Waals surface area contributed by atoms with Crippen LogP contribution in [0.5, 0.6) is 23.0 Å². The number of fused-ring (bicyclic) bond motifs is 2. The molecule has 0 aliphatic carbocycles. The maximum atomic E-state index is 11.3. The normalized spacial score (nSPS) is 14.3. The van der Waals surface area contributed by atoms with E-state index in [0.717, 1.165) is 11.1 Å². The van der Waals surface area contributed by atoms with Crippen molar-refractivity contribution in [2.24, 2.45) is 0 Å². The molecule has 0 unspecified atom stereocenters. The number of benzene rings is 2. The molecule has 0 radical (unpaired) electrons. The molecule has 2 aliphatic heterocycles. The van der Waals surface area contributed by atoms with Crippen LogP contribution in [0.3, 0.4) is 0 Å². The maximum Gasteiger partial charge on any atom is 0.304 e. The highest BCUT2D eigenvalue weighted by Gasteiger charge is 2.24. The molecule has 2 aromatic rings. The lowest BCUT2D eigenvalue weighted by Crippen LogP contribution is -2.08. The third-order valence-corrected chi connectivity index (χ3v) is 3.98. The number of rotatable bonds is 4. The Labute approximate surface area is 132 Å². The van der Waals surface area contributed by atoms with Crippen molar-refractivity contribution in [2.75, 3.05) is 13.6 Å². The summed E-state index contributed by atoms with van der Waals surface area (Å²) in [6, 6.07) is 11.0. The topological polar surface area (TPSA) is 74.2 Å². The van der Waals surface area contributed by atoms with Gasteiger partial charge in [0, 0.05) is 5.92 Å². The zero-order valence-corrected chi connectivity index (χ0v) is 12.2. The van der Waals surface area contributed by atoms with E-state index in [1.54, 1.807) is 12.1 Å². The smallest absolute Gasteiger partial charge is 0.304 e. The van der Waals surface area contributed by atoms with Gasteiger partial charge in [0.2, 0.25) is 13.6 Å². The number of aliphatic carboxylic acids is 1. The van der Waals surface area contributed by atoms with Crippen LogP contribution in [0, 0.1) is 0 Å². The molecule has 0 bridgehead atoms. The molecule has 2 aromatic carbocycles. The van der Waals surface area contributed by atoms with Crippen molar-refractivity contribution in [3.63, 3.8) is 0 Å². The summed E-state index contributed by atoms with van der Waals surface area (Å²) in [5.74, 6) is 1.45. The van der Waals surface area contributed by atoms with Gasteiger partial charge in [-0.3, -0.25) is 4.79 Å². The largest absolute Gasteiger partial charge is 0.481 e. The Morgan fingerprint density at radius 1 is 0.870 bits per heavy atom.